The summed E-state index contributed by atoms with van der Waals surface area (Å²) in [7, 11) is 1.48. The molecular formula is C22H25N3O5S. The summed E-state index contributed by atoms with van der Waals surface area (Å²) in [5, 5.41) is 0. The molecule has 0 saturated heterocycles. The molecule has 3 amide bonds. The van der Waals surface area contributed by atoms with E-state index in [0.29, 0.717) is 30.2 Å². The molecule has 0 saturated carbocycles. The number of thioether (sulfide) groups is 1. The van der Waals surface area contributed by atoms with Gasteiger partial charge in [-0.25, -0.2) is 0 Å². The van der Waals surface area contributed by atoms with Gasteiger partial charge in [-0.05, 0) is 37.3 Å². The zero-order chi connectivity index (χ0) is 22.2. The smallest absolute Gasteiger partial charge is 0.269 e. The first-order chi connectivity index (χ1) is 15.0. The van der Waals surface area contributed by atoms with Crippen molar-refractivity contribution in [1.29, 1.82) is 0 Å². The van der Waals surface area contributed by atoms with E-state index in [-0.39, 0.29) is 18.7 Å². The van der Waals surface area contributed by atoms with Gasteiger partial charge in [0.25, 0.3) is 5.91 Å². The number of benzene rings is 2. The van der Waals surface area contributed by atoms with Crippen LogP contribution in [0.1, 0.15) is 30.1 Å². The number of hydrogen-bond acceptors (Lipinski definition) is 6. The first-order valence-electron chi connectivity index (χ1n) is 9.95. The van der Waals surface area contributed by atoms with E-state index in [0.717, 1.165) is 16.3 Å². The molecule has 0 aliphatic carbocycles. The van der Waals surface area contributed by atoms with Gasteiger partial charge in [0, 0.05) is 35.6 Å². The summed E-state index contributed by atoms with van der Waals surface area (Å²) in [5.74, 6) is 0.706. The number of anilines is 1. The highest BCUT2D eigenvalue weighted by molar-refractivity contribution is 7.99. The lowest BCUT2D eigenvalue weighted by Gasteiger charge is -2.29. The molecule has 3 rings (SSSR count). The number of nitrogens with zero attached hydrogens (tertiary/aromatic N) is 1. The van der Waals surface area contributed by atoms with Gasteiger partial charge >= 0.3 is 0 Å². The van der Waals surface area contributed by atoms with Crippen molar-refractivity contribution in [1.82, 2.24) is 10.9 Å². The number of fused-ring (bicyclic) bond motifs is 1. The first kappa shape index (κ1) is 22.5. The number of amides is 3. The fraction of sp³-hybridized carbons (Fsp3) is 0.318. The Kier molecular flexibility index (Phi) is 7.77. The van der Waals surface area contributed by atoms with Crippen molar-refractivity contribution in [3.63, 3.8) is 0 Å². The first-order valence-corrected chi connectivity index (χ1v) is 10.9. The van der Waals surface area contributed by atoms with Gasteiger partial charge in [0.15, 0.2) is 11.5 Å². The van der Waals surface area contributed by atoms with Gasteiger partial charge in [-0.1, -0.05) is 12.1 Å². The highest BCUT2D eigenvalue weighted by atomic mass is 32.2. The number of para-hydroxylation sites is 1. The van der Waals surface area contributed by atoms with Crippen molar-refractivity contribution < 1.29 is 23.9 Å². The third-order valence-corrected chi connectivity index (χ3v) is 5.68. The van der Waals surface area contributed by atoms with Crippen LogP contribution in [-0.4, -0.2) is 43.7 Å². The number of rotatable bonds is 7. The fourth-order valence-corrected chi connectivity index (χ4v) is 4.12. The SMILES string of the molecule is CCOc1ccc(C(=O)NNC(=O)CCC(=O)N2CCSc3ccccc32)cc1OC. The number of methoxy groups -OCH3 is 1. The summed E-state index contributed by atoms with van der Waals surface area (Å²) in [6.45, 7) is 2.93. The summed E-state index contributed by atoms with van der Waals surface area (Å²) in [6.07, 6.45) is 0.0229. The Morgan fingerprint density at radius 2 is 1.87 bits per heavy atom. The molecule has 0 spiro atoms. The van der Waals surface area contributed by atoms with Crippen LogP contribution in [-0.2, 0) is 9.59 Å². The molecule has 2 N–H and O–H groups in total. The maximum Gasteiger partial charge on any atom is 0.269 e. The zero-order valence-corrected chi connectivity index (χ0v) is 18.3. The summed E-state index contributed by atoms with van der Waals surface area (Å²) in [6, 6.07) is 12.5. The van der Waals surface area contributed by atoms with E-state index >= 15 is 0 Å². The average Bonchev–Trinajstić information content (AvgIpc) is 2.81. The van der Waals surface area contributed by atoms with Gasteiger partial charge in [0.05, 0.1) is 19.4 Å². The Balaban J connectivity index is 1.49. The number of hydrogen-bond donors (Lipinski definition) is 2. The Morgan fingerprint density at radius 1 is 1.06 bits per heavy atom. The summed E-state index contributed by atoms with van der Waals surface area (Å²) in [4.78, 5) is 39.8. The second-order valence-corrected chi connectivity index (χ2v) is 7.80. The minimum absolute atomic E-state index is 0.0302. The van der Waals surface area contributed by atoms with Gasteiger partial charge < -0.3 is 14.4 Å². The summed E-state index contributed by atoms with van der Waals surface area (Å²) < 4.78 is 10.6. The predicted molar refractivity (Wildman–Crippen MR) is 119 cm³/mol. The van der Waals surface area contributed by atoms with E-state index in [1.165, 1.54) is 13.2 Å². The molecule has 9 heteroatoms. The van der Waals surface area contributed by atoms with Crippen LogP contribution < -0.4 is 25.2 Å². The lowest BCUT2D eigenvalue weighted by Crippen LogP contribution is -2.42. The zero-order valence-electron chi connectivity index (χ0n) is 17.5. The van der Waals surface area contributed by atoms with Gasteiger partial charge in [-0.2, -0.15) is 0 Å². The normalized spacial score (nSPS) is 12.5. The maximum absolute atomic E-state index is 12.6. The molecule has 2 aromatic rings. The molecule has 31 heavy (non-hydrogen) atoms. The van der Waals surface area contributed by atoms with Crippen molar-refractivity contribution in [2.45, 2.75) is 24.7 Å². The average molecular weight is 444 g/mol. The van der Waals surface area contributed by atoms with Crippen molar-refractivity contribution in [3.8, 4) is 11.5 Å². The number of nitrogens with one attached hydrogen (secondary N) is 2. The summed E-state index contributed by atoms with van der Waals surface area (Å²) in [5.41, 5.74) is 5.89. The van der Waals surface area contributed by atoms with Crippen molar-refractivity contribution in [2.24, 2.45) is 0 Å². The van der Waals surface area contributed by atoms with E-state index in [9.17, 15) is 14.4 Å². The number of hydrazine groups is 1. The monoisotopic (exact) mass is 443 g/mol. The molecule has 1 aliphatic rings. The molecule has 0 unspecified atom stereocenters. The standard InChI is InChI=1S/C22H25N3O5S/c1-3-30-17-9-8-15(14-18(17)29-2)22(28)24-23-20(26)10-11-21(27)25-12-13-31-19-7-5-4-6-16(19)25/h4-9,14H,3,10-13H2,1-2H3,(H,23,26)(H,24,28). The third kappa shape index (κ3) is 5.69. The van der Waals surface area contributed by atoms with E-state index in [2.05, 4.69) is 10.9 Å². The maximum atomic E-state index is 12.6. The minimum Gasteiger partial charge on any atom is -0.493 e. The molecule has 0 aromatic heterocycles. The van der Waals surface area contributed by atoms with Gasteiger partial charge in [-0.3, -0.25) is 25.2 Å². The molecule has 1 aliphatic heterocycles. The molecule has 0 fully saturated rings. The second kappa shape index (κ2) is 10.7. The van der Waals surface area contributed by atoms with Crippen molar-refractivity contribution in [2.75, 3.05) is 30.9 Å². The molecule has 0 atom stereocenters. The fourth-order valence-electron chi connectivity index (χ4n) is 3.13. The van der Waals surface area contributed by atoms with Crippen LogP contribution in [0.5, 0.6) is 11.5 Å². The molecule has 0 bridgehead atoms. The predicted octanol–water partition coefficient (Wildman–Crippen LogP) is 2.77. The number of carbonyl (C=O) groups is 3. The molecule has 1 heterocycles. The summed E-state index contributed by atoms with van der Waals surface area (Å²) >= 11 is 1.71. The topological polar surface area (TPSA) is 97.0 Å². The van der Waals surface area contributed by atoms with Crippen LogP contribution in [0.4, 0.5) is 5.69 Å². The lowest BCUT2D eigenvalue weighted by atomic mass is 10.2. The Hall–Kier alpha value is -3.20. The quantitative estimate of drug-likeness (QED) is 0.639. The largest absolute Gasteiger partial charge is 0.493 e. The Bertz CT molecular complexity index is 966. The minimum atomic E-state index is -0.497. The van der Waals surface area contributed by atoms with Gasteiger partial charge in [0.1, 0.15) is 0 Å². The van der Waals surface area contributed by atoms with Crippen LogP contribution in [0, 0.1) is 0 Å². The van der Waals surface area contributed by atoms with E-state index in [1.807, 2.05) is 31.2 Å². The van der Waals surface area contributed by atoms with Crippen molar-refractivity contribution >= 4 is 35.2 Å². The molecule has 2 aromatic carbocycles. The van der Waals surface area contributed by atoms with Gasteiger partial charge in [0.2, 0.25) is 11.8 Å². The van der Waals surface area contributed by atoms with Crippen molar-refractivity contribution in [3.05, 3.63) is 48.0 Å². The van der Waals surface area contributed by atoms with Crippen LogP contribution in [0.15, 0.2) is 47.4 Å². The number of carbonyl (C=O) groups excluding carboxylic acids is 3. The Labute approximate surface area is 185 Å². The van der Waals surface area contributed by atoms with Crippen LogP contribution >= 0.6 is 11.8 Å². The van der Waals surface area contributed by atoms with Crippen LogP contribution in [0.2, 0.25) is 0 Å². The molecule has 8 nitrogen and oxygen atoms in total. The highest BCUT2D eigenvalue weighted by Crippen LogP contribution is 2.34. The molecule has 0 radical (unpaired) electrons. The van der Waals surface area contributed by atoms with E-state index in [1.54, 1.807) is 28.8 Å². The molecular weight excluding hydrogens is 418 g/mol. The van der Waals surface area contributed by atoms with E-state index in [4.69, 9.17) is 9.47 Å². The second-order valence-electron chi connectivity index (χ2n) is 6.66. The highest BCUT2D eigenvalue weighted by Gasteiger charge is 2.23. The number of ether oxygens (including phenoxy) is 2. The third-order valence-electron chi connectivity index (χ3n) is 4.64. The molecule has 164 valence electrons. The van der Waals surface area contributed by atoms with E-state index < -0.39 is 11.8 Å². The van der Waals surface area contributed by atoms with Crippen LogP contribution in [0.3, 0.4) is 0 Å². The lowest BCUT2D eigenvalue weighted by molar-refractivity contribution is -0.125. The van der Waals surface area contributed by atoms with Crippen LogP contribution in [0.25, 0.3) is 0 Å². The van der Waals surface area contributed by atoms with Gasteiger partial charge in [-0.15, -0.1) is 11.8 Å². The Morgan fingerprint density at radius 3 is 2.65 bits per heavy atom.